The van der Waals surface area contributed by atoms with Gasteiger partial charge >= 0.3 is 6.18 Å². The molecule has 0 spiro atoms. The Morgan fingerprint density at radius 2 is 1.84 bits per heavy atom. The smallest absolute Gasteiger partial charge is 0.416 e. The van der Waals surface area contributed by atoms with Crippen LogP contribution in [0.5, 0.6) is 11.5 Å². The average molecular weight is 614 g/mol. The molecule has 0 bridgehead atoms. The van der Waals surface area contributed by atoms with E-state index in [-0.39, 0.29) is 52.9 Å². The van der Waals surface area contributed by atoms with Crippen molar-refractivity contribution in [1.29, 1.82) is 0 Å². The number of rotatable bonds is 10. The normalized spacial score (nSPS) is 17.5. The number of hydrogen-bond acceptors (Lipinski definition) is 6. The van der Waals surface area contributed by atoms with Crippen LogP contribution < -0.4 is 20.3 Å². The van der Waals surface area contributed by atoms with Gasteiger partial charge in [-0.1, -0.05) is 6.92 Å². The monoisotopic (exact) mass is 613 g/mol. The number of nitrogens with one attached hydrogen (secondary N) is 2. The standard InChI is InChI=1S/C32H35F4N5O3/c1-4-26(20-13-21(32(34,35)36)15-24(14-20)41-12-10-23(18-41)40(2)3)31(43)38-22-7-8-28(27(33)16-22)44-25-9-11-37-29(17-25)39-30(42)19-5-6-19/h7-9,11,13-17,19,23,26H,4-6,10,12,18H2,1-3H3,(H,38,43)(H,37,39,42). The number of benzene rings is 2. The number of carbonyl (C=O) groups is 2. The molecule has 2 fully saturated rings. The van der Waals surface area contributed by atoms with Crippen LogP contribution in [0.25, 0.3) is 0 Å². The number of likely N-dealkylation sites (N-methyl/N-ethyl adjacent to an activating group) is 1. The third kappa shape index (κ3) is 7.47. The van der Waals surface area contributed by atoms with Crippen LogP contribution >= 0.6 is 0 Å². The third-order valence-corrected chi connectivity index (χ3v) is 8.01. The van der Waals surface area contributed by atoms with Gasteiger partial charge in [-0.3, -0.25) is 9.59 Å². The molecule has 2 heterocycles. The second-order valence-corrected chi connectivity index (χ2v) is 11.5. The van der Waals surface area contributed by atoms with Gasteiger partial charge in [0, 0.05) is 54.8 Å². The van der Waals surface area contributed by atoms with Crippen LogP contribution in [0.1, 0.15) is 49.7 Å². The summed E-state index contributed by atoms with van der Waals surface area (Å²) in [4.78, 5) is 33.4. The fourth-order valence-corrected chi connectivity index (χ4v) is 5.29. The van der Waals surface area contributed by atoms with Crippen molar-refractivity contribution < 1.29 is 31.9 Å². The van der Waals surface area contributed by atoms with E-state index in [1.165, 1.54) is 30.5 Å². The number of amides is 2. The van der Waals surface area contributed by atoms with Crippen LogP contribution in [0.2, 0.25) is 0 Å². The molecule has 1 aliphatic heterocycles. The maximum Gasteiger partial charge on any atom is 0.416 e. The number of alkyl halides is 3. The number of carbonyl (C=O) groups excluding carboxylic acids is 2. The molecule has 2 N–H and O–H groups in total. The lowest BCUT2D eigenvalue weighted by atomic mass is 9.93. The van der Waals surface area contributed by atoms with E-state index in [1.54, 1.807) is 13.0 Å². The summed E-state index contributed by atoms with van der Waals surface area (Å²) in [6.45, 7) is 2.91. The van der Waals surface area contributed by atoms with E-state index in [2.05, 4.69) is 20.5 Å². The Hall–Kier alpha value is -4.19. The maximum absolute atomic E-state index is 15.0. The van der Waals surface area contributed by atoms with Crippen molar-refractivity contribution in [3.05, 3.63) is 71.7 Å². The topological polar surface area (TPSA) is 86.8 Å². The summed E-state index contributed by atoms with van der Waals surface area (Å²) in [6, 6.07) is 10.9. The Morgan fingerprint density at radius 3 is 2.48 bits per heavy atom. The molecule has 1 saturated carbocycles. The van der Waals surface area contributed by atoms with Crippen molar-refractivity contribution in [1.82, 2.24) is 9.88 Å². The second-order valence-electron chi connectivity index (χ2n) is 11.5. The minimum atomic E-state index is -4.59. The quantitative estimate of drug-likeness (QED) is 0.249. The zero-order chi connectivity index (χ0) is 31.6. The Balaban J connectivity index is 1.30. The summed E-state index contributed by atoms with van der Waals surface area (Å²) in [6.07, 6.45) is -0.423. The van der Waals surface area contributed by atoms with E-state index < -0.39 is 29.4 Å². The highest BCUT2D eigenvalue weighted by Crippen LogP contribution is 2.37. The van der Waals surface area contributed by atoms with E-state index in [9.17, 15) is 22.8 Å². The van der Waals surface area contributed by atoms with Crippen molar-refractivity contribution >= 4 is 29.0 Å². The number of hydrogen-bond donors (Lipinski definition) is 2. The van der Waals surface area contributed by atoms with E-state index in [1.807, 2.05) is 19.0 Å². The number of aromatic nitrogens is 1. The first-order valence-corrected chi connectivity index (χ1v) is 14.6. The van der Waals surface area contributed by atoms with Gasteiger partial charge in [-0.05, 0) is 81.7 Å². The molecule has 0 radical (unpaired) electrons. The highest BCUT2D eigenvalue weighted by Gasteiger charge is 2.34. The zero-order valence-electron chi connectivity index (χ0n) is 24.7. The lowest BCUT2D eigenvalue weighted by Gasteiger charge is -2.25. The van der Waals surface area contributed by atoms with Crippen LogP contribution in [0.15, 0.2) is 54.7 Å². The van der Waals surface area contributed by atoms with Crippen LogP contribution in [-0.4, -0.2) is 54.9 Å². The Kier molecular flexibility index (Phi) is 9.10. The first-order chi connectivity index (χ1) is 20.9. The zero-order valence-corrected chi connectivity index (χ0v) is 24.7. The third-order valence-electron chi connectivity index (χ3n) is 8.01. The molecule has 12 heteroatoms. The van der Waals surface area contributed by atoms with Gasteiger partial charge in [0.05, 0.1) is 11.5 Å². The van der Waals surface area contributed by atoms with Crippen LogP contribution in [-0.2, 0) is 15.8 Å². The first kappa shape index (κ1) is 31.2. The fourth-order valence-electron chi connectivity index (χ4n) is 5.29. The predicted octanol–water partition coefficient (Wildman–Crippen LogP) is 6.65. The van der Waals surface area contributed by atoms with Gasteiger partial charge in [0.1, 0.15) is 11.6 Å². The average Bonchev–Trinajstić information content (AvgIpc) is 3.70. The number of pyridine rings is 1. The Morgan fingerprint density at radius 1 is 1.07 bits per heavy atom. The molecule has 2 aromatic carbocycles. The van der Waals surface area contributed by atoms with E-state index in [4.69, 9.17) is 4.74 Å². The number of halogens is 4. The molecule has 3 aromatic rings. The summed E-state index contributed by atoms with van der Waals surface area (Å²) in [5, 5.41) is 5.35. The predicted molar refractivity (Wildman–Crippen MR) is 159 cm³/mol. The van der Waals surface area contributed by atoms with E-state index in [0.29, 0.717) is 18.8 Å². The molecule has 2 unspecified atom stereocenters. The van der Waals surface area contributed by atoms with Crippen molar-refractivity contribution in [3.8, 4) is 11.5 Å². The van der Waals surface area contributed by atoms with Crippen molar-refractivity contribution in [3.63, 3.8) is 0 Å². The van der Waals surface area contributed by atoms with Crippen molar-refractivity contribution in [2.45, 2.75) is 50.7 Å². The lowest BCUT2D eigenvalue weighted by molar-refractivity contribution is -0.137. The molecular formula is C32H35F4N5O3. The van der Waals surface area contributed by atoms with Gasteiger partial charge in [0.15, 0.2) is 11.6 Å². The molecule has 1 aromatic heterocycles. The molecule has 1 aliphatic carbocycles. The van der Waals surface area contributed by atoms with Gasteiger partial charge in [0.2, 0.25) is 11.8 Å². The summed E-state index contributed by atoms with van der Waals surface area (Å²) in [7, 11) is 3.88. The Labute approximate surface area is 253 Å². The highest BCUT2D eigenvalue weighted by molar-refractivity contribution is 5.96. The molecule has 8 nitrogen and oxygen atoms in total. The number of ether oxygens (including phenoxy) is 1. The number of anilines is 3. The summed E-state index contributed by atoms with van der Waals surface area (Å²) < 4.78 is 62.4. The number of nitrogens with zero attached hydrogens (tertiary/aromatic N) is 3. The van der Waals surface area contributed by atoms with Gasteiger partial charge in [-0.25, -0.2) is 9.37 Å². The van der Waals surface area contributed by atoms with Crippen LogP contribution in [0, 0.1) is 11.7 Å². The molecule has 44 heavy (non-hydrogen) atoms. The van der Waals surface area contributed by atoms with Gasteiger partial charge in [0.25, 0.3) is 0 Å². The van der Waals surface area contributed by atoms with Crippen LogP contribution in [0.4, 0.5) is 34.8 Å². The SMILES string of the molecule is CCC(C(=O)Nc1ccc(Oc2ccnc(NC(=O)C3CC3)c2)c(F)c1)c1cc(N2CCC(N(C)C)C2)cc(C(F)(F)F)c1. The van der Waals surface area contributed by atoms with Gasteiger partial charge in [-0.2, -0.15) is 13.2 Å². The molecule has 2 aliphatic rings. The minimum Gasteiger partial charge on any atom is -0.454 e. The van der Waals surface area contributed by atoms with E-state index in [0.717, 1.165) is 37.5 Å². The minimum absolute atomic E-state index is 0.00886. The summed E-state index contributed by atoms with van der Waals surface area (Å²) in [5.41, 5.74) is -0.0235. The highest BCUT2D eigenvalue weighted by atomic mass is 19.4. The van der Waals surface area contributed by atoms with E-state index >= 15 is 4.39 Å². The molecule has 1 saturated heterocycles. The summed E-state index contributed by atoms with van der Waals surface area (Å²) >= 11 is 0. The Bertz CT molecular complexity index is 1530. The molecule has 2 atom stereocenters. The molecule has 234 valence electrons. The lowest BCUT2D eigenvalue weighted by Crippen LogP contribution is -2.31. The second kappa shape index (κ2) is 12.8. The van der Waals surface area contributed by atoms with Crippen molar-refractivity contribution in [2.24, 2.45) is 5.92 Å². The van der Waals surface area contributed by atoms with Crippen LogP contribution in [0.3, 0.4) is 0 Å². The molecule has 5 rings (SSSR count). The molecular weight excluding hydrogens is 578 g/mol. The van der Waals surface area contributed by atoms with Crippen molar-refractivity contribution in [2.75, 3.05) is 42.7 Å². The summed E-state index contributed by atoms with van der Waals surface area (Å²) in [5.74, 6) is -1.93. The largest absolute Gasteiger partial charge is 0.454 e. The molecule has 2 amide bonds. The fraction of sp³-hybridized carbons (Fsp3) is 0.406. The first-order valence-electron chi connectivity index (χ1n) is 14.6. The van der Waals surface area contributed by atoms with Gasteiger partial charge < -0.3 is 25.2 Å². The maximum atomic E-state index is 15.0. The van der Waals surface area contributed by atoms with Gasteiger partial charge in [-0.15, -0.1) is 0 Å².